The minimum absolute atomic E-state index is 0.104. The lowest BCUT2D eigenvalue weighted by molar-refractivity contribution is 0.0953. The first-order valence-corrected chi connectivity index (χ1v) is 13.4. The number of amides is 1. The van der Waals surface area contributed by atoms with E-state index in [9.17, 15) is 4.79 Å². The molecule has 0 bridgehead atoms. The molecule has 0 atom stereocenters. The van der Waals surface area contributed by atoms with E-state index in [0.29, 0.717) is 41.6 Å². The van der Waals surface area contributed by atoms with Gasteiger partial charge in [-0.3, -0.25) is 14.7 Å². The summed E-state index contributed by atoms with van der Waals surface area (Å²) in [5.74, 6) is 2.64. The normalized spacial score (nSPS) is 14.2. The molecule has 1 amide bonds. The first kappa shape index (κ1) is 25.1. The summed E-state index contributed by atoms with van der Waals surface area (Å²) in [5, 5.41) is 4.66. The van der Waals surface area contributed by atoms with E-state index in [-0.39, 0.29) is 5.91 Å². The fourth-order valence-corrected chi connectivity index (χ4v) is 4.90. The number of nitrogens with one attached hydrogen (secondary N) is 1. The molecule has 0 saturated carbocycles. The van der Waals surface area contributed by atoms with E-state index < -0.39 is 0 Å². The van der Waals surface area contributed by atoms with Crippen LogP contribution in [0.3, 0.4) is 0 Å². The Morgan fingerprint density at radius 2 is 1.86 bits per heavy atom. The average Bonchev–Trinajstić information content (AvgIpc) is 3.24. The SMILES string of the molecule is CCCCNC(=O)c1c(C)oc2cc(Oc3ccnc4cc(OCCN5CCCCC5)ccc34)ccc12. The van der Waals surface area contributed by atoms with Crippen molar-refractivity contribution in [2.24, 2.45) is 0 Å². The molecule has 37 heavy (non-hydrogen) atoms. The van der Waals surface area contributed by atoms with Crippen LogP contribution in [0.25, 0.3) is 21.9 Å². The molecule has 7 heteroatoms. The van der Waals surface area contributed by atoms with Crippen molar-refractivity contribution in [1.29, 1.82) is 0 Å². The van der Waals surface area contributed by atoms with Gasteiger partial charge in [0.05, 0.1) is 11.1 Å². The molecule has 1 fully saturated rings. The van der Waals surface area contributed by atoms with Gasteiger partial charge in [0.25, 0.3) is 5.91 Å². The molecular formula is C30H35N3O4. The minimum atomic E-state index is -0.104. The Morgan fingerprint density at radius 3 is 2.70 bits per heavy atom. The van der Waals surface area contributed by atoms with Gasteiger partial charge < -0.3 is 19.2 Å². The third kappa shape index (κ3) is 5.88. The number of furan rings is 1. The van der Waals surface area contributed by atoms with Crippen LogP contribution in [-0.4, -0.2) is 48.6 Å². The van der Waals surface area contributed by atoms with Crippen molar-refractivity contribution in [2.75, 3.05) is 32.8 Å². The molecule has 1 aliphatic rings. The Balaban J connectivity index is 1.29. The monoisotopic (exact) mass is 501 g/mol. The summed E-state index contributed by atoms with van der Waals surface area (Å²) in [6, 6.07) is 13.3. The number of aryl methyl sites for hydroxylation is 1. The number of nitrogens with zero attached hydrogens (tertiary/aromatic N) is 2. The van der Waals surface area contributed by atoms with Crippen molar-refractivity contribution in [3.05, 3.63) is 60.0 Å². The Labute approximate surface area is 217 Å². The van der Waals surface area contributed by atoms with Gasteiger partial charge in [0.15, 0.2) is 0 Å². The topological polar surface area (TPSA) is 76.8 Å². The van der Waals surface area contributed by atoms with Gasteiger partial charge in [0, 0.05) is 42.2 Å². The molecule has 5 rings (SSSR count). The standard InChI is InChI=1S/C30H35N3O4/c1-3-4-13-32-30(34)29-21(2)36-28-20-23(9-11-25(28)29)37-27-12-14-31-26-19-22(8-10-24(26)27)35-18-17-33-15-6-5-7-16-33/h8-12,14,19-20H,3-7,13,15-18H2,1-2H3,(H,32,34). The summed E-state index contributed by atoms with van der Waals surface area (Å²) in [7, 11) is 0. The molecule has 7 nitrogen and oxygen atoms in total. The van der Waals surface area contributed by atoms with Crippen molar-refractivity contribution in [3.63, 3.8) is 0 Å². The molecule has 0 spiro atoms. The van der Waals surface area contributed by atoms with Crippen LogP contribution in [0.15, 0.2) is 53.1 Å². The van der Waals surface area contributed by atoms with Crippen LogP contribution in [0.2, 0.25) is 0 Å². The number of likely N-dealkylation sites (tertiary alicyclic amines) is 1. The van der Waals surface area contributed by atoms with Gasteiger partial charge in [-0.1, -0.05) is 19.8 Å². The van der Waals surface area contributed by atoms with Crippen LogP contribution < -0.4 is 14.8 Å². The minimum Gasteiger partial charge on any atom is -0.492 e. The number of ether oxygens (including phenoxy) is 2. The number of carbonyl (C=O) groups excluding carboxylic acids is 1. The van der Waals surface area contributed by atoms with E-state index in [4.69, 9.17) is 13.9 Å². The molecule has 4 aromatic rings. The zero-order valence-electron chi connectivity index (χ0n) is 21.7. The van der Waals surface area contributed by atoms with Crippen LogP contribution in [0.1, 0.15) is 55.1 Å². The molecular weight excluding hydrogens is 466 g/mol. The van der Waals surface area contributed by atoms with Crippen LogP contribution >= 0.6 is 0 Å². The number of pyridine rings is 1. The Morgan fingerprint density at radius 1 is 1.05 bits per heavy atom. The lowest BCUT2D eigenvalue weighted by Crippen LogP contribution is -2.33. The number of unbranched alkanes of at least 4 members (excludes halogenated alkanes) is 1. The Kier molecular flexibility index (Phi) is 7.90. The largest absolute Gasteiger partial charge is 0.492 e. The third-order valence-corrected chi connectivity index (χ3v) is 6.91. The number of hydrogen-bond donors (Lipinski definition) is 1. The van der Waals surface area contributed by atoms with Crippen molar-refractivity contribution < 1.29 is 18.7 Å². The summed E-state index contributed by atoms with van der Waals surface area (Å²) in [6.45, 7) is 8.53. The van der Waals surface area contributed by atoms with Gasteiger partial charge in [0.2, 0.25) is 0 Å². The molecule has 1 N–H and O–H groups in total. The molecule has 0 unspecified atom stereocenters. The third-order valence-electron chi connectivity index (χ3n) is 6.91. The molecule has 0 aliphatic carbocycles. The van der Waals surface area contributed by atoms with Crippen LogP contribution in [0.5, 0.6) is 17.2 Å². The zero-order chi connectivity index (χ0) is 25.6. The van der Waals surface area contributed by atoms with Gasteiger partial charge >= 0.3 is 0 Å². The molecule has 2 aromatic carbocycles. The van der Waals surface area contributed by atoms with Gasteiger partial charge in [-0.15, -0.1) is 0 Å². The predicted molar refractivity (Wildman–Crippen MR) is 146 cm³/mol. The van der Waals surface area contributed by atoms with Gasteiger partial charge in [-0.25, -0.2) is 0 Å². The highest BCUT2D eigenvalue weighted by molar-refractivity contribution is 6.07. The van der Waals surface area contributed by atoms with Crippen LogP contribution in [0.4, 0.5) is 0 Å². The molecule has 3 heterocycles. The van der Waals surface area contributed by atoms with Crippen molar-refractivity contribution in [1.82, 2.24) is 15.2 Å². The van der Waals surface area contributed by atoms with Crippen molar-refractivity contribution in [2.45, 2.75) is 46.0 Å². The van der Waals surface area contributed by atoms with Gasteiger partial charge in [-0.05, 0) is 69.6 Å². The van der Waals surface area contributed by atoms with E-state index in [0.717, 1.165) is 41.4 Å². The molecule has 1 aliphatic heterocycles. The quantitative estimate of drug-likeness (QED) is 0.251. The second-order valence-corrected chi connectivity index (χ2v) is 9.64. The Hall–Kier alpha value is -3.58. The van der Waals surface area contributed by atoms with Crippen molar-refractivity contribution in [3.8, 4) is 17.2 Å². The summed E-state index contributed by atoms with van der Waals surface area (Å²) in [5.41, 5.74) is 2.02. The summed E-state index contributed by atoms with van der Waals surface area (Å²) in [4.78, 5) is 19.7. The number of benzene rings is 2. The zero-order valence-corrected chi connectivity index (χ0v) is 21.7. The van der Waals surface area contributed by atoms with Gasteiger partial charge in [-0.2, -0.15) is 0 Å². The highest BCUT2D eigenvalue weighted by Crippen LogP contribution is 2.34. The van der Waals surface area contributed by atoms with E-state index in [2.05, 4.69) is 22.1 Å². The van der Waals surface area contributed by atoms with E-state index in [1.807, 2.05) is 49.4 Å². The second kappa shape index (κ2) is 11.6. The first-order chi connectivity index (χ1) is 18.1. The van der Waals surface area contributed by atoms with Crippen molar-refractivity contribution >= 4 is 27.8 Å². The number of fused-ring (bicyclic) bond motifs is 2. The second-order valence-electron chi connectivity index (χ2n) is 9.64. The number of carbonyl (C=O) groups is 1. The predicted octanol–water partition coefficient (Wildman–Crippen LogP) is 6.48. The van der Waals surface area contributed by atoms with Gasteiger partial charge in [0.1, 0.15) is 35.2 Å². The maximum atomic E-state index is 12.7. The molecule has 0 radical (unpaired) electrons. The van der Waals surface area contributed by atoms with E-state index >= 15 is 0 Å². The lowest BCUT2D eigenvalue weighted by atomic mass is 10.1. The highest BCUT2D eigenvalue weighted by Gasteiger charge is 2.19. The van der Waals surface area contributed by atoms with E-state index in [1.165, 1.54) is 32.4 Å². The number of piperidine rings is 1. The smallest absolute Gasteiger partial charge is 0.255 e. The first-order valence-electron chi connectivity index (χ1n) is 13.4. The molecule has 2 aromatic heterocycles. The number of aromatic nitrogens is 1. The highest BCUT2D eigenvalue weighted by atomic mass is 16.5. The molecule has 194 valence electrons. The maximum absolute atomic E-state index is 12.7. The summed E-state index contributed by atoms with van der Waals surface area (Å²) in [6.07, 6.45) is 7.62. The van der Waals surface area contributed by atoms with E-state index in [1.54, 1.807) is 6.20 Å². The lowest BCUT2D eigenvalue weighted by Gasteiger charge is -2.26. The number of rotatable bonds is 10. The number of hydrogen-bond acceptors (Lipinski definition) is 6. The average molecular weight is 502 g/mol. The Bertz CT molecular complexity index is 1370. The molecule has 1 saturated heterocycles. The fourth-order valence-electron chi connectivity index (χ4n) is 4.90. The summed E-state index contributed by atoms with van der Waals surface area (Å²) >= 11 is 0. The fraction of sp³-hybridized carbons (Fsp3) is 0.400. The maximum Gasteiger partial charge on any atom is 0.255 e. The van der Waals surface area contributed by atoms with Crippen LogP contribution in [-0.2, 0) is 0 Å². The van der Waals surface area contributed by atoms with Crippen LogP contribution in [0, 0.1) is 6.92 Å². The summed E-state index contributed by atoms with van der Waals surface area (Å²) < 4.78 is 18.2.